The Morgan fingerprint density at radius 1 is 0.529 bits per heavy atom. The molecule has 0 fully saturated rings. The summed E-state index contributed by atoms with van der Waals surface area (Å²) in [4.78, 5) is 2.43. The van der Waals surface area contributed by atoms with Crippen molar-refractivity contribution in [3.8, 4) is 33.8 Å². The lowest BCUT2D eigenvalue weighted by molar-refractivity contribution is -0.0514. The molecule has 0 aromatic heterocycles. The Hall–Kier alpha value is -3.77. The summed E-state index contributed by atoms with van der Waals surface area (Å²) in [5.74, 6) is 1.75. The molecule has 4 aromatic rings. The average molecular weight is 783 g/mol. The lowest BCUT2D eigenvalue weighted by Crippen LogP contribution is -2.22. The van der Waals surface area contributed by atoms with Crippen molar-refractivity contribution in [2.45, 2.75) is 73.6 Å². The van der Waals surface area contributed by atoms with Crippen LogP contribution in [0.2, 0.25) is 0 Å². The van der Waals surface area contributed by atoms with Gasteiger partial charge in [0.15, 0.2) is 0 Å². The van der Waals surface area contributed by atoms with Gasteiger partial charge in [-0.1, -0.05) is 66.4 Å². The SMILES string of the molecule is CC(C)(C)Oc1ccc(-c2cccc(Sc3ccccc3)c2-c2ccc(OC(C)(C)C)cc2)cc1.O=S(=O)(O)C(F)(F)F.O=S(=O)(O)C(F)(F)F. The Labute approximate surface area is 297 Å². The largest absolute Gasteiger partial charge is 0.522 e. The highest BCUT2D eigenvalue weighted by Gasteiger charge is 2.45. The molecule has 0 radical (unpaired) electrons. The smallest absolute Gasteiger partial charge is 0.488 e. The van der Waals surface area contributed by atoms with Crippen molar-refractivity contribution in [3.63, 3.8) is 0 Å². The van der Waals surface area contributed by atoms with Crippen LogP contribution in [-0.2, 0) is 20.2 Å². The Balaban J connectivity index is 0.000000468. The van der Waals surface area contributed by atoms with Crippen LogP contribution in [0, 0.1) is 0 Å². The maximum absolute atomic E-state index is 10.7. The second-order valence-electron chi connectivity index (χ2n) is 12.4. The summed E-state index contributed by atoms with van der Waals surface area (Å²) in [7, 11) is -11.7. The Kier molecular flexibility index (Phi) is 14.2. The highest BCUT2D eigenvalue weighted by atomic mass is 32.2. The second-order valence-corrected chi connectivity index (χ2v) is 16.4. The number of hydrogen-bond donors (Lipinski definition) is 2. The van der Waals surface area contributed by atoms with Gasteiger partial charge in [0.1, 0.15) is 22.7 Å². The first-order valence-electron chi connectivity index (χ1n) is 14.6. The predicted octanol–water partition coefficient (Wildman–Crippen LogP) is 10.3. The number of benzene rings is 4. The van der Waals surface area contributed by atoms with Crippen molar-refractivity contribution in [3.05, 3.63) is 97.1 Å². The lowest BCUT2D eigenvalue weighted by Gasteiger charge is -2.22. The van der Waals surface area contributed by atoms with Crippen LogP contribution in [0.25, 0.3) is 22.3 Å². The van der Waals surface area contributed by atoms with Crippen LogP contribution >= 0.6 is 11.8 Å². The molecule has 0 aliphatic rings. The molecule has 280 valence electrons. The lowest BCUT2D eigenvalue weighted by atomic mass is 9.94. The van der Waals surface area contributed by atoms with E-state index in [0.29, 0.717) is 0 Å². The number of hydrogen-bond acceptors (Lipinski definition) is 7. The third kappa shape index (κ3) is 14.8. The first-order valence-corrected chi connectivity index (χ1v) is 18.3. The van der Waals surface area contributed by atoms with Crippen LogP contribution in [0.4, 0.5) is 26.3 Å². The van der Waals surface area contributed by atoms with Gasteiger partial charge in [0, 0.05) is 15.4 Å². The molecule has 0 amide bonds. The van der Waals surface area contributed by atoms with E-state index >= 15 is 0 Å². The van der Waals surface area contributed by atoms with Gasteiger partial charge in [0.25, 0.3) is 0 Å². The van der Waals surface area contributed by atoms with Crippen LogP contribution in [0.3, 0.4) is 0 Å². The van der Waals surface area contributed by atoms with Crippen molar-refractivity contribution in [1.29, 1.82) is 0 Å². The fourth-order valence-electron chi connectivity index (χ4n) is 3.87. The molecular weight excluding hydrogens is 747 g/mol. The molecule has 51 heavy (non-hydrogen) atoms. The molecule has 0 bridgehead atoms. The van der Waals surface area contributed by atoms with Crippen LogP contribution in [0.5, 0.6) is 11.5 Å². The van der Waals surface area contributed by atoms with Gasteiger partial charge in [-0.05, 0) is 101 Å². The molecule has 2 N–H and O–H groups in total. The zero-order valence-corrected chi connectivity index (χ0v) is 30.5. The molecule has 4 rings (SSSR count). The molecule has 0 spiro atoms. The topological polar surface area (TPSA) is 127 Å². The van der Waals surface area contributed by atoms with E-state index in [1.54, 1.807) is 11.8 Å². The van der Waals surface area contributed by atoms with Crippen LogP contribution in [0.1, 0.15) is 41.5 Å². The van der Waals surface area contributed by atoms with E-state index in [-0.39, 0.29) is 11.2 Å². The van der Waals surface area contributed by atoms with E-state index in [1.807, 2.05) is 0 Å². The Bertz CT molecular complexity index is 1890. The second kappa shape index (κ2) is 16.7. The Morgan fingerprint density at radius 3 is 1.25 bits per heavy atom. The summed E-state index contributed by atoms with van der Waals surface area (Å²) in [6, 6.07) is 33.9. The summed E-state index contributed by atoms with van der Waals surface area (Å²) >= 11 is 1.79. The molecule has 8 nitrogen and oxygen atoms in total. The van der Waals surface area contributed by atoms with Crippen molar-refractivity contribution in [2.75, 3.05) is 0 Å². The molecule has 0 aliphatic carbocycles. The fourth-order valence-corrected chi connectivity index (χ4v) is 4.89. The van der Waals surface area contributed by atoms with Crippen molar-refractivity contribution < 1.29 is 61.8 Å². The van der Waals surface area contributed by atoms with Gasteiger partial charge >= 0.3 is 31.3 Å². The fraction of sp³-hybridized carbons (Fsp3) is 0.294. The maximum atomic E-state index is 10.7. The van der Waals surface area contributed by atoms with Gasteiger partial charge < -0.3 is 9.47 Å². The zero-order valence-electron chi connectivity index (χ0n) is 28.1. The summed E-state index contributed by atoms with van der Waals surface area (Å²) in [6.07, 6.45) is 0. The number of rotatable bonds is 6. The van der Waals surface area contributed by atoms with Crippen LogP contribution in [0.15, 0.2) is 107 Å². The third-order valence-corrected chi connectivity index (χ3v) is 7.98. The van der Waals surface area contributed by atoms with E-state index in [9.17, 15) is 26.3 Å². The average Bonchev–Trinajstić information content (AvgIpc) is 2.96. The molecule has 17 heteroatoms. The summed E-state index contributed by atoms with van der Waals surface area (Å²) < 4.78 is 127. The van der Waals surface area contributed by atoms with Crippen LogP contribution in [-0.4, -0.2) is 48.2 Å². The van der Waals surface area contributed by atoms with Gasteiger partial charge in [-0.15, -0.1) is 0 Å². The minimum absolute atomic E-state index is 0.226. The van der Waals surface area contributed by atoms with Crippen molar-refractivity contribution >= 4 is 32.0 Å². The van der Waals surface area contributed by atoms with Gasteiger partial charge in [-0.3, -0.25) is 9.11 Å². The van der Waals surface area contributed by atoms with Gasteiger partial charge in [0.2, 0.25) is 0 Å². The molecule has 0 unspecified atom stereocenters. The van der Waals surface area contributed by atoms with Gasteiger partial charge in [0.05, 0.1) is 0 Å². The van der Waals surface area contributed by atoms with E-state index in [4.69, 9.17) is 35.4 Å². The molecular formula is C34H36F6O8S3. The molecule has 0 saturated carbocycles. The number of alkyl halides is 6. The molecule has 0 saturated heterocycles. The first kappa shape index (κ1) is 43.4. The van der Waals surface area contributed by atoms with E-state index in [2.05, 4.69) is 139 Å². The minimum atomic E-state index is -5.84. The van der Waals surface area contributed by atoms with Gasteiger partial charge in [-0.25, -0.2) is 0 Å². The third-order valence-electron chi connectivity index (χ3n) is 5.74. The summed E-state index contributed by atoms with van der Waals surface area (Å²) in [6.45, 7) is 12.4. The standard InChI is InChI=1S/C32H34O2S.2CHF3O3S/c1-31(2,3)33-25-19-15-23(16-20-25)28-13-10-14-29(35-27-11-8-7-9-12-27)30(28)24-17-21-26(22-18-24)34-32(4,5)6;2*2-1(3,4)8(5,6)7/h7-22H,1-6H3;2*(H,5,6,7). The molecule has 0 aliphatic heterocycles. The first-order chi connectivity index (χ1) is 23.1. The quantitative estimate of drug-likeness (QED) is 0.112. The van der Waals surface area contributed by atoms with Crippen molar-refractivity contribution in [2.24, 2.45) is 0 Å². The zero-order chi connectivity index (χ0) is 39.1. The highest BCUT2D eigenvalue weighted by Crippen LogP contribution is 2.43. The number of halogens is 6. The Morgan fingerprint density at radius 2 is 0.902 bits per heavy atom. The van der Waals surface area contributed by atoms with E-state index in [0.717, 1.165) is 22.6 Å². The van der Waals surface area contributed by atoms with E-state index < -0.39 is 31.3 Å². The highest BCUT2D eigenvalue weighted by molar-refractivity contribution is 7.99. The monoisotopic (exact) mass is 782 g/mol. The predicted molar refractivity (Wildman–Crippen MR) is 184 cm³/mol. The van der Waals surface area contributed by atoms with Gasteiger partial charge in [-0.2, -0.15) is 43.2 Å². The summed E-state index contributed by atoms with van der Waals surface area (Å²) in [5, 5.41) is 0. The summed E-state index contributed by atoms with van der Waals surface area (Å²) in [5.41, 5.74) is -6.80. The molecule has 0 heterocycles. The minimum Gasteiger partial charge on any atom is -0.488 e. The normalized spacial score (nSPS) is 12.5. The maximum Gasteiger partial charge on any atom is 0.522 e. The molecule has 0 atom stereocenters. The van der Waals surface area contributed by atoms with Crippen LogP contribution < -0.4 is 9.47 Å². The number of ether oxygens (including phenoxy) is 2. The van der Waals surface area contributed by atoms with Crippen molar-refractivity contribution in [1.82, 2.24) is 0 Å². The van der Waals surface area contributed by atoms with E-state index in [1.165, 1.54) is 20.9 Å². The molecule has 4 aromatic carbocycles.